The van der Waals surface area contributed by atoms with Crippen molar-refractivity contribution in [3.05, 3.63) is 41.1 Å². The van der Waals surface area contributed by atoms with Gasteiger partial charge in [0.05, 0.1) is 17.3 Å². The minimum Gasteiger partial charge on any atom is -0.388 e. The van der Waals surface area contributed by atoms with Gasteiger partial charge in [-0.3, -0.25) is 4.98 Å². The van der Waals surface area contributed by atoms with Crippen molar-refractivity contribution in [2.75, 3.05) is 5.73 Å². The lowest BCUT2D eigenvalue weighted by atomic mass is 9.81. The van der Waals surface area contributed by atoms with Crippen molar-refractivity contribution in [2.24, 2.45) is 5.92 Å². The predicted octanol–water partition coefficient (Wildman–Crippen LogP) is 5.55. The number of rotatable bonds is 3. The van der Waals surface area contributed by atoms with Gasteiger partial charge in [-0.1, -0.05) is 51.1 Å². The van der Waals surface area contributed by atoms with E-state index in [1.54, 1.807) is 6.07 Å². The molecule has 6 heteroatoms. The van der Waals surface area contributed by atoms with E-state index in [1.807, 2.05) is 0 Å². The Hall–Kier alpha value is -1.72. The van der Waals surface area contributed by atoms with E-state index in [0.29, 0.717) is 16.1 Å². The first-order valence-electron chi connectivity index (χ1n) is 9.22. The summed E-state index contributed by atoms with van der Waals surface area (Å²) in [7, 11) is 0. The minimum atomic E-state index is -0.876. The second-order valence-electron chi connectivity index (χ2n) is 6.72. The van der Waals surface area contributed by atoms with E-state index in [4.69, 9.17) is 17.3 Å². The second kappa shape index (κ2) is 9.83. The topological polar surface area (TPSA) is 72.0 Å². The Balaban J connectivity index is 0.000000758. The highest BCUT2D eigenvalue weighted by molar-refractivity contribution is 6.33. The molecule has 0 bridgehead atoms. The zero-order valence-electron chi connectivity index (χ0n) is 15.4. The van der Waals surface area contributed by atoms with Crippen LogP contribution in [-0.4, -0.2) is 15.1 Å². The normalized spacial score (nSPS) is 15.9. The van der Waals surface area contributed by atoms with E-state index in [1.165, 1.54) is 25.2 Å². The Morgan fingerprint density at radius 2 is 1.85 bits per heavy atom. The van der Waals surface area contributed by atoms with E-state index in [2.05, 4.69) is 23.8 Å². The summed E-state index contributed by atoms with van der Waals surface area (Å²) >= 11 is 6.20. The molecule has 142 valence electrons. The molecule has 1 aliphatic carbocycles. The van der Waals surface area contributed by atoms with E-state index < -0.39 is 11.9 Å². The molecule has 1 saturated carbocycles. The molecule has 2 aromatic rings. The van der Waals surface area contributed by atoms with E-state index in [0.717, 1.165) is 31.9 Å². The Bertz CT molecular complexity index is 720. The molecule has 0 amide bonds. The fourth-order valence-electron chi connectivity index (χ4n) is 3.31. The average Bonchev–Trinajstić information content (AvgIpc) is 2.64. The Morgan fingerprint density at radius 3 is 2.50 bits per heavy atom. The third-order valence-electron chi connectivity index (χ3n) is 4.50. The van der Waals surface area contributed by atoms with Crippen LogP contribution in [0.15, 0.2) is 24.7 Å². The number of aliphatic hydroxyl groups excluding tert-OH is 1. The van der Waals surface area contributed by atoms with E-state index >= 15 is 0 Å². The van der Waals surface area contributed by atoms with Gasteiger partial charge < -0.3 is 10.8 Å². The highest BCUT2D eigenvalue weighted by atomic mass is 35.5. The zero-order valence-corrected chi connectivity index (χ0v) is 16.1. The van der Waals surface area contributed by atoms with Gasteiger partial charge in [0.1, 0.15) is 11.6 Å². The van der Waals surface area contributed by atoms with Gasteiger partial charge in [-0.15, -0.1) is 0 Å². The van der Waals surface area contributed by atoms with Crippen LogP contribution in [0.2, 0.25) is 5.02 Å². The van der Waals surface area contributed by atoms with Crippen LogP contribution in [-0.2, 0) is 0 Å². The molecular weight excluding hydrogens is 353 g/mol. The molecule has 1 fully saturated rings. The van der Waals surface area contributed by atoms with Crippen LogP contribution >= 0.6 is 11.6 Å². The summed E-state index contributed by atoms with van der Waals surface area (Å²) in [4.78, 5) is 7.83. The number of nitrogens with two attached hydrogens (primary N) is 1. The van der Waals surface area contributed by atoms with Crippen LogP contribution < -0.4 is 5.73 Å². The Labute approximate surface area is 159 Å². The van der Waals surface area contributed by atoms with Gasteiger partial charge in [-0.05, 0) is 24.8 Å². The van der Waals surface area contributed by atoms with Crippen LogP contribution in [0.4, 0.5) is 10.2 Å². The Kier molecular flexibility index (Phi) is 7.79. The maximum atomic E-state index is 14.5. The number of nitrogens with zero attached hydrogens (tertiary/aromatic N) is 2. The summed E-state index contributed by atoms with van der Waals surface area (Å²) in [6.07, 6.45) is 9.53. The lowest BCUT2D eigenvalue weighted by Gasteiger charge is -2.28. The lowest BCUT2D eigenvalue weighted by molar-refractivity contribution is 0.0820. The molecule has 1 atom stereocenters. The first-order chi connectivity index (χ1) is 12.5. The summed E-state index contributed by atoms with van der Waals surface area (Å²) in [5, 5.41) is 11.1. The number of nitrogen functional groups attached to an aromatic ring is 1. The summed E-state index contributed by atoms with van der Waals surface area (Å²) in [5.74, 6) is -0.184. The SMILES string of the molecule is CCC.Nc1cc(-c2cncc(F)c2C(O)C2CCCCC2)c(Cl)cn1. The summed E-state index contributed by atoms with van der Waals surface area (Å²) in [5.41, 5.74) is 6.99. The molecule has 0 saturated heterocycles. The van der Waals surface area contributed by atoms with Gasteiger partial charge in [0, 0.05) is 29.1 Å². The number of pyridine rings is 2. The quantitative estimate of drug-likeness (QED) is 0.733. The lowest BCUT2D eigenvalue weighted by Crippen LogP contribution is -2.18. The molecular formula is C20H27ClFN3O. The highest BCUT2D eigenvalue weighted by Gasteiger charge is 2.28. The molecule has 4 nitrogen and oxygen atoms in total. The van der Waals surface area contributed by atoms with Crippen molar-refractivity contribution in [1.82, 2.24) is 9.97 Å². The van der Waals surface area contributed by atoms with Crippen molar-refractivity contribution in [3.63, 3.8) is 0 Å². The molecule has 0 aliphatic heterocycles. The van der Waals surface area contributed by atoms with Crippen molar-refractivity contribution in [1.29, 1.82) is 0 Å². The van der Waals surface area contributed by atoms with Crippen LogP contribution in [0.3, 0.4) is 0 Å². The molecule has 3 N–H and O–H groups in total. The first-order valence-corrected chi connectivity index (χ1v) is 9.60. The van der Waals surface area contributed by atoms with Crippen molar-refractivity contribution in [2.45, 2.75) is 58.5 Å². The smallest absolute Gasteiger partial charge is 0.147 e. The predicted molar refractivity (Wildman–Crippen MR) is 104 cm³/mol. The van der Waals surface area contributed by atoms with Crippen molar-refractivity contribution < 1.29 is 9.50 Å². The van der Waals surface area contributed by atoms with Gasteiger partial charge in [-0.25, -0.2) is 9.37 Å². The van der Waals surface area contributed by atoms with Crippen LogP contribution in [0, 0.1) is 11.7 Å². The average molecular weight is 380 g/mol. The van der Waals surface area contributed by atoms with Crippen LogP contribution in [0.5, 0.6) is 0 Å². The summed E-state index contributed by atoms with van der Waals surface area (Å²) in [6.45, 7) is 4.25. The van der Waals surface area contributed by atoms with Gasteiger partial charge in [0.2, 0.25) is 0 Å². The molecule has 0 radical (unpaired) electrons. The summed E-state index contributed by atoms with van der Waals surface area (Å²) < 4.78 is 14.5. The monoisotopic (exact) mass is 379 g/mol. The molecule has 26 heavy (non-hydrogen) atoms. The minimum absolute atomic E-state index is 0.0531. The molecule has 0 spiro atoms. The van der Waals surface area contributed by atoms with Gasteiger partial charge >= 0.3 is 0 Å². The molecule has 2 aromatic heterocycles. The second-order valence-corrected chi connectivity index (χ2v) is 7.13. The van der Waals surface area contributed by atoms with E-state index in [9.17, 15) is 9.50 Å². The van der Waals surface area contributed by atoms with Crippen molar-refractivity contribution >= 4 is 17.4 Å². The fourth-order valence-corrected chi connectivity index (χ4v) is 3.51. The maximum Gasteiger partial charge on any atom is 0.147 e. The summed E-state index contributed by atoms with van der Waals surface area (Å²) in [6, 6.07) is 1.58. The fraction of sp³-hybridized carbons (Fsp3) is 0.500. The third-order valence-corrected chi connectivity index (χ3v) is 4.80. The molecule has 0 aromatic carbocycles. The number of hydrogen-bond acceptors (Lipinski definition) is 4. The number of aliphatic hydroxyl groups is 1. The first kappa shape index (κ1) is 20.6. The maximum absolute atomic E-state index is 14.5. The zero-order chi connectivity index (χ0) is 19.1. The number of halogens is 2. The standard InChI is InChI=1S/C17H19ClFN3O.C3H8/c18-13-8-22-15(20)6-11(13)12-7-21-9-14(19)16(12)17(23)10-4-2-1-3-5-10;1-3-2/h6-10,17,23H,1-5H2,(H2,20,22);3H2,1-2H3. The van der Waals surface area contributed by atoms with Crippen molar-refractivity contribution in [3.8, 4) is 11.1 Å². The largest absolute Gasteiger partial charge is 0.388 e. The van der Waals surface area contributed by atoms with Gasteiger partial charge in [-0.2, -0.15) is 0 Å². The van der Waals surface area contributed by atoms with Gasteiger partial charge in [0.25, 0.3) is 0 Å². The number of aromatic nitrogens is 2. The van der Waals surface area contributed by atoms with Crippen LogP contribution in [0.1, 0.15) is 64.0 Å². The molecule has 2 heterocycles. The van der Waals surface area contributed by atoms with E-state index in [-0.39, 0.29) is 17.3 Å². The molecule has 1 unspecified atom stereocenters. The highest BCUT2D eigenvalue weighted by Crippen LogP contribution is 2.40. The number of anilines is 1. The van der Waals surface area contributed by atoms with Gasteiger partial charge in [0.15, 0.2) is 0 Å². The third kappa shape index (κ3) is 4.92. The van der Waals surface area contributed by atoms with Crippen LogP contribution in [0.25, 0.3) is 11.1 Å². The molecule has 3 rings (SSSR count). The Morgan fingerprint density at radius 1 is 1.19 bits per heavy atom. The molecule has 1 aliphatic rings. The number of hydrogen-bond donors (Lipinski definition) is 2.